The molecule has 0 fully saturated rings. The van der Waals surface area contributed by atoms with E-state index in [1.165, 1.54) is 4.88 Å². The van der Waals surface area contributed by atoms with Crippen molar-refractivity contribution in [3.63, 3.8) is 0 Å². The Balaban J connectivity index is 1.97. The number of aromatic nitrogens is 2. The largest absolute Gasteiger partial charge is 0.490 e. The van der Waals surface area contributed by atoms with Crippen molar-refractivity contribution in [3.05, 3.63) is 34.4 Å². The topological polar surface area (TPSA) is 56.3 Å². The van der Waals surface area contributed by atoms with Crippen LogP contribution in [-0.2, 0) is 6.42 Å². The van der Waals surface area contributed by atoms with Gasteiger partial charge in [-0.3, -0.25) is 0 Å². The van der Waals surface area contributed by atoms with E-state index in [0.717, 1.165) is 28.1 Å². The average Bonchev–Trinajstić information content (AvgIpc) is 3.01. The lowest BCUT2D eigenvalue weighted by Gasteiger charge is -2.13. The lowest BCUT2D eigenvalue weighted by molar-refractivity contribution is 0.288. The first-order valence-corrected chi connectivity index (χ1v) is 9.46. The number of halogens is 1. The van der Waals surface area contributed by atoms with Crippen molar-refractivity contribution in [1.82, 2.24) is 9.97 Å². The molecule has 0 aliphatic carbocycles. The van der Waals surface area contributed by atoms with E-state index in [0.29, 0.717) is 24.8 Å². The third-order valence-electron chi connectivity index (χ3n) is 3.57. The van der Waals surface area contributed by atoms with Gasteiger partial charge in [-0.2, -0.15) is 4.98 Å². The monoisotopic (exact) mass is 377 g/mol. The fourth-order valence-corrected chi connectivity index (χ4v) is 3.67. The number of ether oxygens (including phenoxy) is 2. The summed E-state index contributed by atoms with van der Waals surface area (Å²) in [5, 5.41) is 4.53. The number of benzene rings is 1. The number of nitrogens with one attached hydrogen (secondary N) is 1. The van der Waals surface area contributed by atoms with Gasteiger partial charge in [-0.25, -0.2) is 4.98 Å². The standard InChI is InChI=1S/C18H20ClN3O2S/c1-4-12-10-13-16(21-18(19)22-17(13)25-12)20-11-7-8-14(23-5-2)15(9-11)24-6-3/h7-10H,4-6H2,1-3H3,(H,20,21,22). The summed E-state index contributed by atoms with van der Waals surface area (Å²) in [5.74, 6) is 2.12. The number of rotatable bonds is 7. The Morgan fingerprint density at radius 2 is 1.80 bits per heavy atom. The minimum absolute atomic E-state index is 0.232. The van der Waals surface area contributed by atoms with Gasteiger partial charge in [0.05, 0.1) is 18.6 Å². The number of hydrogen-bond acceptors (Lipinski definition) is 6. The van der Waals surface area contributed by atoms with Crippen molar-refractivity contribution >= 4 is 44.7 Å². The third kappa shape index (κ3) is 3.96. The van der Waals surface area contributed by atoms with Gasteiger partial charge in [0.25, 0.3) is 0 Å². The van der Waals surface area contributed by atoms with Gasteiger partial charge in [0.15, 0.2) is 11.5 Å². The molecule has 2 heterocycles. The Morgan fingerprint density at radius 3 is 2.52 bits per heavy atom. The molecule has 3 rings (SSSR count). The Kier molecular flexibility index (Phi) is 5.60. The number of anilines is 2. The SMILES string of the molecule is CCOc1ccc(Nc2nc(Cl)nc3sc(CC)cc23)cc1OCC. The molecule has 0 unspecified atom stereocenters. The van der Waals surface area contributed by atoms with E-state index in [9.17, 15) is 0 Å². The van der Waals surface area contributed by atoms with Crippen molar-refractivity contribution in [2.75, 3.05) is 18.5 Å². The summed E-state index contributed by atoms with van der Waals surface area (Å²) in [4.78, 5) is 10.8. The van der Waals surface area contributed by atoms with Crippen molar-refractivity contribution in [2.45, 2.75) is 27.2 Å². The van der Waals surface area contributed by atoms with E-state index in [1.54, 1.807) is 11.3 Å². The van der Waals surface area contributed by atoms with Crippen LogP contribution in [0, 0.1) is 0 Å². The number of thiophene rings is 1. The highest BCUT2D eigenvalue weighted by molar-refractivity contribution is 7.18. The van der Waals surface area contributed by atoms with Crippen LogP contribution in [-0.4, -0.2) is 23.2 Å². The lowest BCUT2D eigenvalue weighted by atomic mass is 10.2. The Labute approximate surface area is 156 Å². The normalized spacial score (nSPS) is 10.9. The van der Waals surface area contributed by atoms with Crippen LogP contribution >= 0.6 is 22.9 Å². The molecule has 0 atom stereocenters. The summed E-state index contributed by atoms with van der Waals surface area (Å²) in [6, 6.07) is 7.84. The molecule has 0 bridgehead atoms. The fraction of sp³-hybridized carbons (Fsp3) is 0.333. The molecule has 0 saturated heterocycles. The molecule has 7 heteroatoms. The molecule has 0 aliphatic heterocycles. The van der Waals surface area contributed by atoms with Gasteiger partial charge in [-0.15, -0.1) is 11.3 Å². The van der Waals surface area contributed by atoms with Gasteiger partial charge in [-0.05, 0) is 50.1 Å². The van der Waals surface area contributed by atoms with Crippen LogP contribution in [0.3, 0.4) is 0 Å². The van der Waals surface area contributed by atoms with Gasteiger partial charge >= 0.3 is 0 Å². The molecule has 0 aliphatic rings. The van der Waals surface area contributed by atoms with E-state index < -0.39 is 0 Å². The van der Waals surface area contributed by atoms with Gasteiger partial charge in [0.2, 0.25) is 5.28 Å². The number of aryl methyl sites for hydroxylation is 1. The van der Waals surface area contributed by atoms with Gasteiger partial charge in [-0.1, -0.05) is 6.92 Å². The first-order chi connectivity index (χ1) is 12.1. The minimum atomic E-state index is 0.232. The fourth-order valence-electron chi connectivity index (χ4n) is 2.48. The molecule has 3 aromatic rings. The maximum absolute atomic E-state index is 6.09. The van der Waals surface area contributed by atoms with Crippen LogP contribution in [0.2, 0.25) is 5.28 Å². The zero-order valence-electron chi connectivity index (χ0n) is 14.4. The van der Waals surface area contributed by atoms with E-state index >= 15 is 0 Å². The van der Waals surface area contributed by atoms with Crippen molar-refractivity contribution in [1.29, 1.82) is 0 Å². The highest BCUT2D eigenvalue weighted by atomic mass is 35.5. The Hall–Kier alpha value is -2.05. The number of nitrogens with zero attached hydrogens (tertiary/aromatic N) is 2. The quantitative estimate of drug-likeness (QED) is 0.555. The predicted molar refractivity (Wildman–Crippen MR) is 104 cm³/mol. The third-order valence-corrected chi connectivity index (χ3v) is 4.91. The first kappa shape index (κ1) is 17.8. The Bertz CT molecular complexity index is 882. The molecular weight excluding hydrogens is 358 g/mol. The molecule has 132 valence electrons. The summed E-state index contributed by atoms with van der Waals surface area (Å²) in [7, 11) is 0. The van der Waals surface area contributed by atoms with Crippen LogP contribution in [0.25, 0.3) is 10.2 Å². The average molecular weight is 378 g/mol. The molecule has 2 aromatic heterocycles. The predicted octanol–water partition coefficient (Wildman–Crippen LogP) is 5.45. The summed E-state index contributed by atoms with van der Waals surface area (Å²) in [5.41, 5.74) is 0.854. The molecule has 0 spiro atoms. The molecule has 1 aromatic carbocycles. The zero-order chi connectivity index (χ0) is 17.8. The van der Waals surface area contributed by atoms with Gasteiger partial charge in [0.1, 0.15) is 10.6 Å². The van der Waals surface area contributed by atoms with Crippen LogP contribution in [0.1, 0.15) is 25.6 Å². The molecule has 1 N–H and O–H groups in total. The van der Waals surface area contributed by atoms with Crippen molar-refractivity contribution in [2.24, 2.45) is 0 Å². The highest BCUT2D eigenvalue weighted by Crippen LogP contribution is 2.35. The van der Waals surface area contributed by atoms with E-state index in [1.807, 2.05) is 32.0 Å². The second-order valence-corrected chi connectivity index (χ2v) is 6.73. The maximum atomic E-state index is 6.09. The van der Waals surface area contributed by atoms with E-state index in [4.69, 9.17) is 21.1 Å². The second-order valence-electron chi connectivity index (χ2n) is 5.28. The molecular formula is C18H20ClN3O2S. The number of fused-ring (bicyclic) bond motifs is 1. The molecule has 25 heavy (non-hydrogen) atoms. The van der Waals surface area contributed by atoms with Gasteiger partial charge < -0.3 is 14.8 Å². The van der Waals surface area contributed by atoms with Crippen LogP contribution in [0.15, 0.2) is 24.3 Å². The van der Waals surface area contributed by atoms with Gasteiger partial charge in [0, 0.05) is 16.6 Å². The maximum Gasteiger partial charge on any atom is 0.225 e. The molecule has 0 radical (unpaired) electrons. The summed E-state index contributed by atoms with van der Waals surface area (Å²) in [6.45, 7) is 7.17. The molecule has 5 nitrogen and oxygen atoms in total. The second kappa shape index (κ2) is 7.89. The number of hydrogen-bond donors (Lipinski definition) is 1. The summed E-state index contributed by atoms with van der Waals surface area (Å²) >= 11 is 7.73. The van der Waals surface area contributed by atoms with E-state index in [-0.39, 0.29) is 5.28 Å². The molecule has 0 saturated carbocycles. The summed E-state index contributed by atoms with van der Waals surface area (Å²) in [6.07, 6.45) is 0.954. The first-order valence-electron chi connectivity index (χ1n) is 8.27. The highest BCUT2D eigenvalue weighted by Gasteiger charge is 2.12. The minimum Gasteiger partial charge on any atom is -0.490 e. The smallest absolute Gasteiger partial charge is 0.225 e. The van der Waals surface area contributed by atoms with Crippen LogP contribution in [0.5, 0.6) is 11.5 Å². The zero-order valence-corrected chi connectivity index (χ0v) is 16.0. The Morgan fingerprint density at radius 1 is 1.04 bits per heavy atom. The van der Waals surface area contributed by atoms with E-state index in [2.05, 4.69) is 28.3 Å². The molecule has 0 amide bonds. The van der Waals surface area contributed by atoms with Crippen molar-refractivity contribution in [3.8, 4) is 11.5 Å². The van der Waals surface area contributed by atoms with Crippen LogP contribution in [0.4, 0.5) is 11.5 Å². The summed E-state index contributed by atoms with van der Waals surface area (Å²) < 4.78 is 11.3. The van der Waals surface area contributed by atoms with Crippen LogP contribution < -0.4 is 14.8 Å². The lowest BCUT2D eigenvalue weighted by Crippen LogP contribution is -2.00. The van der Waals surface area contributed by atoms with Crippen molar-refractivity contribution < 1.29 is 9.47 Å².